The van der Waals surface area contributed by atoms with Gasteiger partial charge in [-0.1, -0.05) is 0 Å². The third kappa shape index (κ3) is 4.79. The number of fused-ring (bicyclic) bond motifs is 1. The SMILES string of the molecule is O=C1CCc2cc(OCCCCSCc3ccco3)ccc2N1. The van der Waals surface area contributed by atoms with Gasteiger partial charge < -0.3 is 14.5 Å². The molecule has 2 heterocycles. The zero-order valence-electron chi connectivity index (χ0n) is 13.0. The minimum Gasteiger partial charge on any atom is -0.494 e. The summed E-state index contributed by atoms with van der Waals surface area (Å²) in [6.07, 6.45) is 5.24. The molecule has 1 N–H and O–H groups in total. The van der Waals surface area contributed by atoms with Crippen LogP contribution < -0.4 is 10.1 Å². The molecule has 122 valence electrons. The maximum atomic E-state index is 11.3. The Hall–Kier alpha value is -1.88. The highest BCUT2D eigenvalue weighted by molar-refractivity contribution is 7.98. The predicted molar refractivity (Wildman–Crippen MR) is 93.0 cm³/mol. The summed E-state index contributed by atoms with van der Waals surface area (Å²) in [5.74, 6) is 4.07. The molecule has 0 atom stereocenters. The van der Waals surface area contributed by atoms with Crippen LogP contribution in [0.15, 0.2) is 41.0 Å². The van der Waals surface area contributed by atoms with E-state index in [0.29, 0.717) is 6.42 Å². The van der Waals surface area contributed by atoms with Gasteiger partial charge in [-0.2, -0.15) is 11.8 Å². The highest BCUT2D eigenvalue weighted by atomic mass is 32.2. The number of anilines is 1. The van der Waals surface area contributed by atoms with Gasteiger partial charge in [-0.15, -0.1) is 0 Å². The van der Waals surface area contributed by atoms with Gasteiger partial charge in [0.15, 0.2) is 0 Å². The Balaban J connectivity index is 1.32. The maximum absolute atomic E-state index is 11.3. The monoisotopic (exact) mass is 331 g/mol. The highest BCUT2D eigenvalue weighted by Gasteiger charge is 2.14. The van der Waals surface area contributed by atoms with Crippen LogP contribution in [0.1, 0.15) is 30.6 Å². The number of carbonyl (C=O) groups excluding carboxylic acids is 1. The number of amides is 1. The number of rotatable bonds is 8. The molecule has 0 unspecified atom stereocenters. The van der Waals surface area contributed by atoms with E-state index < -0.39 is 0 Å². The van der Waals surface area contributed by atoms with Crippen molar-refractivity contribution in [1.82, 2.24) is 0 Å². The topological polar surface area (TPSA) is 51.5 Å². The predicted octanol–water partition coefficient (Wildman–Crippen LogP) is 4.26. The zero-order chi connectivity index (χ0) is 15.9. The molecule has 0 fully saturated rings. The molecule has 0 bridgehead atoms. The molecule has 0 saturated carbocycles. The molecule has 1 aromatic carbocycles. The molecular weight excluding hydrogens is 310 g/mol. The van der Waals surface area contributed by atoms with Crippen LogP contribution >= 0.6 is 11.8 Å². The fraction of sp³-hybridized carbons (Fsp3) is 0.389. The first-order valence-electron chi connectivity index (χ1n) is 7.97. The van der Waals surface area contributed by atoms with Gasteiger partial charge in [0.05, 0.1) is 18.6 Å². The Morgan fingerprint density at radius 3 is 3.04 bits per heavy atom. The summed E-state index contributed by atoms with van der Waals surface area (Å²) in [6, 6.07) is 9.83. The number of nitrogens with one attached hydrogen (secondary N) is 1. The third-order valence-corrected chi connectivity index (χ3v) is 4.81. The van der Waals surface area contributed by atoms with E-state index in [1.54, 1.807) is 6.26 Å². The molecule has 4 nitrogen and oxygen atoms in total. The van der Waals surface area contributed by atoms with Crippen LogP contribution in [0, 0.1) is 0 Å². The van der Waals surface area contributed by atoms with E-state index in [-0.39, 0.29) is 5.91 Å². The van der Waals surface area contributed by atoms with Crippen LogP contribution in [0.5, 0.6) is 5.75 Å². The van der Waals surface area contributed by atoms with Crippen molar-refractivity contribution in [3.63, 3.8) is 0 Å². The van der Waals surface area contributed by atoms with Crippen molar-refractivity contribution in [2.45, 2.75) is 31.4 Å². The van der Waals surface area contributed by atoms with Gasteiger partial charge in [-0.3, -0.25) is 4.79 Å². The van der Waals surface area contributed by atoms with Crippen LogP contribution in [0.25, 0.3) is 0 Å². The largest absolute Gasteiger partial charge is 0.494 e. The van der Waals surface area contributed by atoms with E-state index >= 15 is 0 Å². The normalized spacial score (nSPS) is 13.5. The summed E-state index contributed by atoms with van der Waals surface area (Å²) in [4.78, 5) is 11.3. The molecule has 1 aliphatic rings. The van der Waals surface area contributed by atoms with Crippen LogP contribution in [0.2, 0.25) is 0 Å². The molecular formula is C18H21NO3S. The number of thioether (sulfide) groups is 1. The zero-order valence-corrected chi connectivity index (χ0v) is 13.9. The smallest absolute Gasteiger partial charge is 0.224 e. The Kier molecular flexibility index (Phi) is 5.64. The minimum absolute atomic E-state index is 0.0956. The van der Waals surface area contributed by atoms with Crippen molar-refractivity contribution in [3.8, 4) is 5.75 Å². The average molecular weight is 331 g/mol. The van der Waals surface area contributed by atoms with E-state index in [9.17, 15) is 4.79 Å². The summed E-state index contributed by atoms with van der Waals surface area (Å²) >= 11 is 1.89. The van der Waals surface area contributed by atoms with Crippen molar-refractivity contribution in [2.24, 2.45) is 0 Å². The van der Waals surface area contributed by atoms with E-state index in [0.717, 1.165) is 60.1 Å². The van der Waals surface area contributed by atoms with E-state index in [4.69, 9.17) is 9.15 Å². The molecule has 1 aromatic heterocycles. The standard InChI is InChI=1S/C18H21NO3S/c20-18-8-5-14-12-15(6-7-17(14)19-18)21-9-1-2-11-23-13-16-4-3-10-22-16/h3-4,6-7,10,12H,1-2,5,8-9,11,13H2,(H,19,20). The number of hydrogen-bond acceptors (Lipinski definition) is 4. The van der Waals surface area contributed by atoms with Gasteiger partial charge in [0.1, 0.15) is 11.5 Å². The lowest BCUT2D eigenvalue weighted by molar-refractivity contribution is -0.116. The minimum atomic E-state index is 0.0956. The number of carbonyl (C=O) groups is 1. The molecule has 0 spiro atoms. The quantitative estimate of drug-likeness (QED) is 0.735. The molecule has 3 rings (SSSR count). The second kappa shape index (κ2) is 8.11. The summed E-state index contributed by atoms with van der Waals surface area (Å²) in [6.45, 7) is 0.729. The van der Waals surface area contributed by atoms with Gasteiger partial charge in [0.25, 0.3) is 0 Å². The van der Waals surface area contributed by atoms with E-state index in [2.05, 4.69) is 5.32 Å². The highest BCUT2D eigenvalue weighted by Crippen LogP contribution is 2.26. The van der Waals surface area contributed by atoms with Gasteiger partial charge in [-0.05, 0) is 60.9 Å². The third-order valence-electron chi connectivity index (χ3n) is 3.75. The van der Waals surface area contributed by atoms with E-state index in [1.807, 2.05) is 42.1 Å². The van der Waals surface area contributed by atoms with E-state index in [1.165, 1.54) is 0 Å². The van der Waals surface area contributed by atoms with Crippen molar-refractivity contribution in [3.05, 3.63) is 47.9 Å². The molecule has 0 saturated heterocycles. The first kappa shape index (κ1) is 16.0. The summed E-state index contributed by atoms with van der Waals surface area (Å²) in [7, 11) is 0. The average Bonchev–Trinajstić information content (AvgIpc) is 3.07. The van der Waals surface area contributed by atoms with Crippen LogP contribution in [-0.2, 0) is 17.0 Å². The molecule has 1 aliphatic heterocycles. The second-order valence-corrected chi connectivity index (χ2v) is 6.66. The number of furan rings is 1. The Bertz CT molecular complexity index is 640. The number of ether oxygens (including phenoxy) is 1. The van der Waals surface area contributed by atoms with Crippen LogP contribution in [0.4, 0.5) is 5.69 Å². The lowest BCUT2D eigenvalue weighted by Gasteiger charge is -2.17. The molecule has 2 aromatic rings. The van der Waals surface area contributed by atoms with Gasteiger partial charge >= 0.3 is 0 Å². The van der Waals surface area contributed by atoms with Crippen LogP contribution in [0.3, 0.4) is 0 Å². The summed E-state index contributed by atoms with van der Waals surface area (Å²) in [5.41, 5.74) is 2.08. The number of unbranched alkanes of at least 4 members (excludes halogenated alkanes) is 1. The maximum Gasteiger partial charge on any atom is 0.224 e. The number of benzene rings is 1. The summed E-state index contributed by atoms with van der Waals surface area (Å²) < 4.78 is 11.1. The Labute approximate surface area is 140 Å². The summed E-state index contributed by atoms with van der Waals surface area (Å²) in [5, 5.41) is 2.88. The first-order valence-corrected chi connectivity index (χ1v) is 9.12. The molecule has 1 amide bonds. The second-order valence-electron chi connectivity index (χ2n) is 5.55. The van der Waals surface area contributed by atoms with Crippen molar-refractivity contribution in [2.75, 3.05) is 17.7 Å². The van der Waals surface area contributed by atoms with Gasteiger partial charge in [-0.25, -0.2) is 0 Å². The van der Waals surface area contributed by atoms with Gasteiger partial charge in [0, 0.05) is 12.1 Å². The van der Waals surface area contributed by atoms with Crippen molar-refractivity contribution >= 4 is 23.4 Å². The first-order chi connectivity index (χ1) is 11.3. The lowest BCUT2D eigenvalue weighted by Crippen LogP contribution is -2.18. The Morgan fingerprint density at radius 1 is 1.22 bits per heavy atom. The lowest BCUT2D eigenvalue weighted by atomic mass is 10.0. The number of hydrogen-bond donors (Lipinski definition) is 1. The molecule has 0 aliphatic carbocycles. The van der Waals surface area contributed by atoms with Gasteiger partial charge in [0.2, 0.25) is 5.91 Å². The molecule has 0 radical (unpaired) electrons. The van der Waals surface area contributed by atoms with Crippen molar-refractivity contribution in [1.29, 1.82) is 0 Å². The fourth-order valence-corrected chi connectivity index (χ4v) is 3.43. The molecule has 5 heteroatoms. The Morgan fingerprint density at radius 2 is 2.17 bits per heavy atom. The van der Waals surface area contributed by atoms with Crippen LogP contribution in [-0.4, -0.2) is 18.3 Å². The molecule has 23 heavy (non-hydrogen) atoms. The van der Waals surface area contributed by atoms with Crippen molar-refractivity contribution < 1.29 is 13.9 Å². The fourth-order valence-electron chi connectivity index (χ4n) is 2.51. The number of aryl methyl sites for hydroxylation is 1.